The zero-order valence-electron chi connectivity index (χ0n) is 12.9. The Morgan fingerprint density at radius 3 is 2.55 bits per heavy atom. The Kier molecular flexibility index (Phi) is 4.61. The van der Waals surface area contributed by atoms with E-state index < -0.39 is 0 Å². The number of aryl methyl sites for hydroxylation is 1. The first-order valence-corrected chi connectivity index (χ1v) is 7.39. The van der Waals surface area contributed by atoms with Crippen LogP contribution in [0.2, 0.25) is 0 Å². The van der Waals surface area contributed by atoms with Gasteiger partial charge in [0.25, 0.3) is 0 Å². The average Bonchev–Trinajstić information content (AvgIpc) is 2.81. The Bertz CT molecular complexity index is 596. The lowest BCUT2D eigenvalue weighted by Gasteiger charge is -2.21. The lowest BCUT2D eigenvalue weighted by Crippen LogP contribution is -2.31. The van der Waals surface area contributed by atoms with E-state index in [1.165, 1.54) is 0 Å². The van der Waals surface area contributed by atoms with Gasteiger partial charge in [-0.15, -0.1) is 0 Å². The van der Waals surface area contributed by atoms with Gasteiger partial charge in [-0.2, -0.15) is 0 Å². The second-order valence-corrected chi connectivity index (χ2v) is 5.42. The first kappa shape index (κ1) is 14.8. The topological polar surface area (TPSA) is 25.2 Å². The number of hydrogen-bond acceptors (Lipinski definition) is 2. The van der Waals surface area contributed by atoms with Crippen LogP contribution in [0.15, 0.2) is 30.5 Å². The van der Waals surface area contributed by atoms with Gasteiger partial charge >= 0.3 is 0 Å². The molecule has 3 nitrogen and oxygen atoms in total. The zero-order valence-corrected chi connectivity index (χ0v) is 12.9. The summed E-state index contributed by atoms with van der Waals surface area (Å²) in [6.07, 6.45) is 1.96. The third kappa shape index (κ3) is 2.78. The summed E-state index contributed by atoms with van der Waals surface area (Å²) in [4.78, 5) is 15.0. The molecule has 0 radical (unpaired) electrons. The molecule has 0 aliphatic rings. The summed E-state index contributed by atoms with van der Waals surface area (Å²) in [5.41, 5.74) is 1.97. The summed E-state index contributed by atoms with van der Waals surface area (Å²) in [5.74, 6) is 0.273. The van der Waals surface area contributed by atoms with Crippen LogP contribution in [-0.4, -0.2) is 34.9 Å². The molecule has 0 fully saturated rings. The fraction of sp³-hybridized carbons (Fsp3) is 0.471. The third-order valence-electron chi connectivity index (χ3n) is 4.04. The number of hydrogen-bond donors (Lipinski definition) is 0. The van der Waals surface area contributed by atoms with Crippen molar-refractivity contribution in [2.24, 2.45) is 13.0 Å². The summed E-state index contributed by atoms with van der Waals surface area (Å²) in [6.45, 7) is 9.11. The molecule has 0 saturated carbocycles. The minimum Gasteiger partial charge on any atom is -0.350 e. The highest BCUT2D eigenvalue weighted by Gasteiger charge is 2.21. The van der Waals surface area contributed by atoms with Crippen molar-refractivity contribution in [3.05, 3.63) is 36.0 Å². The van der Waals surface area contributed by atoms with Gasteiger partial charge in [-0.05, 0) is 19.2 Å². The van der Waals surface area contributed by atoms with Gasteiger partial charge in [0.15, 0.2) is 5.78 Å². The summed E-state index contributed by atoms with van der Waals surface area (Å²) in [7, 11) is 1.99. The van der Waals surface area contributed by atoms with Gasteiger partial charge in [-0.1, -0.05) is 39.0 Å². The third-order valence-corrected chi connectivity index (χ3v) is 4.04. The normalized spacial score (nSPS) is 13.1. The summed E-state index contributed by atoms with van der Waals surface area (Å²) >= 11 is 0. The minimum absolute atomic E-state index is 0.0284. The van der Waals surface area contributed by atoms with Crippen LogP contribution in [0, 0.1) is 5.92 Å². The van der Waals surface area contributed by atoms with Crippen LogP contribution in [0.3, 0.4) is 0 Å². The number of nitrogens with zero attached hydrogens (tertiary/aromatic N) is 2. The van der Waals surface area contributed by atoms with Crippen molar-refractivity contribution in [3.8, 4) is 0 Å². The number of benzene rings is 1. The van der Waals surface area contributed by atoms with Gasteiger partial charge in [-0.3, -0.25) is 4.79 Å². The highest BCUT2D eigenvalue weighted by molar-refractivity contribution is 6.09. The number of ketones is 1. The maximum atomic E-state index is 12.7. The van der Waals surface area contributed by atoms with Crippen LogP contribution in [-0.2, 0) is 7.05 Å². The van der Waals surface area contributed by atoms with Gasteiger partial charge < -0.3 is 9.47 Å². The van der Waals surface area contributed by atoms with Crippen molar-refractivity contribution in [1.82, 2.24) is 9.47 Å². The van der Waals surface area contributed by atoms with Gasteiger partial charge in [0.2, 0.25) is 0 Å². The van der Waals surface area contributed by atoms with E-state index in [2.05, 4.69) is 24.8 Å². The Hall–Kier alpha value is -1.61. The highest BCUT2D eigenvalue weighted by atomic mass is 16.1. The maximum Gasteiger partial charge on any atom is 0.169 e. The molecule has 20 heavy (non-hydrogen) atoms. The Labute approximate surface area is 121 Å². The summed E-state index contributed by atoms with van der Waals surface area (Å²) < 4.78 is 2.03. The van der Waals surface area contributed by atoms with Crippen molar-refractivity contribution in [2.45, 2.75) is 20.8 Å². The molecule has 1 unspecified atom stereocenters. The van der Waals surface area contributed by atoms with Gasteiger partial charge in [0.05, 0.1) is 0 Å². The lowest BCUT2D eigenvalue weighted by molar-refractivity contribution is 0.0900. The Morgan fingerprint density at radius 2 is 1.90 bits per heavy atom. The van der Waals surface area contributed by atoms with Crippen LogP contribution in [0.5, 0.6) is 0 Å². The van der Waals surface area contributed by atoms with Crippen LogP contribution in [0.4, 0.5) is 0 Å². The second-order valence-electron chi connectivity index (χ2n) is 5.42. The van der Waals surface area contributed by atoms with Crippen LogP contribution in [0.1, 0.15) is 31.1 Å². The van der Waals surface area contributed by atoms with Crippen LogP contribution >= 0.6 is 0 Å². The first-order valence-electron chi connectivity index (χ1n) is 7.39. The number of para-hydroxylation sites is 1. The van der Waals surface area contributed by atoms with E-state index in [0.717, 1.165) is 36.1 Å². The van der Waals surface area contributed by atoms with E-state index in [0.29, 0.717) is 0 Å². The highest BCUT2D eigenvalue weighted by Crippen LogP contribution is 2.23. The standard InChI is InChI=1S/C17H24N2O/c1-5-19(6-2)11-13(3)17(20)15-12-18(4)16-10-8-7-9-14(15)16/h7-10,12-13H,5-6,11H2,1-4H3. The zero-order chi connectivity index (χ0) is 14.7. The summed E-state index contributed by atoms with van der Waals surface area (Å²) in [6, 6.07) is 8.10. The minimum atomic E-state index is 0.0284. The van der Waals surface area contributed by atoms with Gasteiger partial charge in [0.1, 0.15) is 0 Å². The van der Waals surface area contributed by atoms with E-state index in [9.17, 15) is 4.79 Å². The monoisotopic (exact) mass is 272 g/mol. The Morgan fingerprint density at radius 1 is 1.25 bits per heavy atom. The molecule has 0 bridgehead atoms. The molecule has 1 atom stereocenters. The molecule has 0 amide bonds. The van der Waals surface area contributed by atoms with Crippen molar-refractivity contribution in [2.75, 3.05) is 19.6 Å². The Balaban J connectivity index is 2.27. The summed E-state index contributed by atoms with van der Waals surface area (Å²) in [5, 5.41) is 1.06. The van der Waals surface area contributed by atoms with E-state index in [1.807, 2.05) is 42.9 Å². The molecule has 1 aromatic heterocycles. The molecule has 0 spiro atoms. The fourth-order valence-electron chi connectivity index (χ4n) is 2.76. The number of Topliss-reactive ketones (excluding diaryl/α,β-unsaturated/α-hetero) is 1. The predicted octanol–water partition coefficient (Wildman–Crippen LogP) is 3.34. The van der Waals surface area contributed by atoms with Crippen molar-refractivity contribution in [1.29, 1.82) is 0 Å². The molecule has 0 aliphatic carbocycles. The quantitative estimate of drug-likeness (QED) is 0.754. The second kappa shape index (κ2) is 6.23. The first-order chi connectivity index (χ1) is 9.58. The van der Waals surface area contributed by atoms with Crippen LogP contribution < -0.4 is 0 Å². The number of rotatable bonds is 6. The number of carbonyl (C=O) groups excluding carboxylic acids is 1. The van der Waals surface area contributed by atoms with E-state index in [1.54, 1.807) is 0 Å². The predicted molar refractivity (Wildman–Crippen MR) is 84.2 cm³/mol. The number of fused-ring (bicyclic) bond motifs is 1. The molecule has 3 heteroatoms. The van der Waals surface area contributed by atoms with E-state index in [-0.39, 0.29) is 11.7 Å². The largest absolute Gasteiger partial charge is 0.350 e. The molecule has 0 N–H and O–H groups in total. The molecule has 2 aromatic rings. The SMILES string of the molecule is CCN(CC)CC(C)C(=O)c1cn(C)c2ccccc12. The van der Waals surface area contributed by atoms with Crippen molar-refractivity contribution < 1.29 is 4.79 Å². The molecule has 108 valence electrons. The molecule has 0 aliphatic heterocycles. The van der Waals surface area contributed by atoms with Gasteiger partial charge in [-0.25, -0.2) is 0 Å². The van der Waals surface area contributed by atoms with Crippen molar-refractivity contribution in [3.63, 3.8) is 0 Å². The molecule has 2 rings (SSSR count). The number of carbonyl (C=O) groups is 1. The molecule has 1 heterocycles. The molecule has 0 saturated heterocycles. The average molecular weight is 272 g/mol. The fourth-order valence-corrected chi connectivity index (χ4v) is 2.76. The molecular formula is C17H24N2O. The van der Waals surface area contributed by atoms with Crippen molar-refractivity contribution >= 4 is 16.7 Å². The molecule has 1 aromatic carbocycles. The van der Waals surface area contributed by atoms with Gasteiger partial charge in [0, 0.05) is 42.2 Å². The lowest BCUT2D eigenvalue weighted by atomic mass is 9.98. The van der Waals surface area contributed by atoms with E-state index >= 15 is 0 Å². The van der Waals surface area contributed by atoms with E-state index in [4.69, 9.17) is 0 Å². The smallest absolute Gasteiger partial charge is 0.169 e. The maximum absolute atomic E-state index is 12.7. The number of aromatic nitrogens is 1. The van der Waals surface area contributed by atoms with Crippen LogP contribution in [0.25, 0.3) is 10.9 Å². The molecular weight excluding hydrogens is 248 g/mol.